The first-order valence-electron chi connectivity index (χ1n) is 9.36. The Balaban J connectivity index is 1.77. The highest BCUT2D eigenvalue weighted by molar-refractivity contribution is 7.89. The van der Waals surface area contributed by atoms with Gasteiger partial charge in [0.1, 0.15) is 16.4 Å². The number of rotatable bonds is 9. The molecule has 0 fully saturated rings. The maximum atomic E-state index is 12.8. The highest BCUT2D eigenvalue weighted by Crippen LogP contribution is 2.30. The van der Waals surface area contributed by atoms with E-state index in [1.165, 1.54) is 20.3 Å². The van der Waals surface area contributed by atoms with Gasteiger partial charge >= 0.3 is 0 Å². The lowest BCUT2D eigenvalue weighted by molar-refractivity contribution is 0.386. The van der Waals surface area contributed by atoms with Crippen molar-refractivity contribution in [3.05, 3.63) is 90.0 Å². The van der Waals surface area contributed by atoms with E-state index in [0.717, 1.165) is 11.1 Å². The third-order valence-corrected chi connectivity index (χ3v) is 6.29. The zero-order chi connectivity index (χ0) is 20.7. The van der Waals surface area contributed by atoms with Crippen molar-refractivity contribution in [2.45, 2.75) is 17.2 Å². The SMILES string of the molecule is COc1ccc(S(=O)(=O)NCCC(c2ccccc2)c2ccccc2)c(OC)c1. The monoisotopic (exact) mass is 411 g/mol. The number of methoxy groups -OCH3 is 2. The summed E-state index contributed by atoms with van der Waals surface area (Å²) in [5.74, 6) is 0.881. The van der Waals surface area contributed by atoms with Crippen molar-refractivity contribution in [2.75, 3.05) is 20.8 Å². The molecule has 0 saturated carbocycles. The predicted octanol–water partition coefficient (Wildman–Crippen LogP) is 4.20. The van der Waals surface area contributed by atoms with Gasteiger partial charge in [-0.05, 0) is 29.7 Å². The molecule has 1 N–H and O–H groups in total. The molecular formula is C23H25NO4S. The Morgan fingerprint density at radius 2 is 1.41 bits per heavy atom. The summed E-state index contributed by atoms with van der Waals surface area (Å²) in [6.45, 7) is 0.298. The third kappa shape index (κ3) is 5.16. The van der Waals surface area contributed by atoms with E-state index in [2.05, 4.69) is 29.0 Å². The minimum absolute atomic E-state index is 0.0942. The first-order chi connectivity index (χ1) is 14.0. The van der Waals surface area contributed by atoms with Crippen molar-refractivity contribution in [3.8, 4) is 11.5 Å². The number of ether oxygens (including phenoxy) is 2. The zero-order valence-electron chi connectivity index (χ0n) is 16.5. The summed E-state index contributed by atoms with van der Waals surface area (Å²) in [7, 11) is -0.757. The zero-order valence-corrected chi connectivity index (χ0v) is 17.4. The Labute approximate surface area is 172 Å². The number of sulfonamides is 1. The summed E-state index contributed by atoms with van der Waals surface area (Å²) in [6, 6.07) is 24.9. The van der Waals surface area contributed by atoms with Crippen LogP contribution in [-0.4, -0.2) is 29.2 Å². The van der Waals surface area contributed by atoms with E-state index in [0.29, 0.717) is 18.7 Å². The summed E-state index contributed by atoms with van der Waals surface area (Å²) < 4.78 is 38.8. The molecule has 0 aliphatic carbocycles. The second-order valence-electron chi connectivity index (χ2n) is 6.58. The molecule has 6 heteroatoms. The molecule has 0 aliphatic rings. The van der Waals surface area contributed by atoms with E-state index in [9.17, 15) is 8.42 Å². The van der Waals surface area contributed by atoms with E-state index in [-0.39, 0.29) is 16.6 Å². The summed E-state index contributed by atoms with van der Waals surface area (Å²) in [6.07, 6.45) is 0.631. The topological polar surface area (TPSA) is 64.6 Å². The Bertz CT molecular complexity index is 982. The molecule has 0 heterocycles. The number of hydrogen-bond acceptors (Lipinski definition) is 4. The summed E-state index contributed by atoms with van der Waals surface area (Å²) in [5, 5.41) is 0. The van der Waals surface area contributed by atoms with Crippen molar-refractivity contribution in [3.63, 3.8) is 0 Å². The molecule has 3 aromatic carbocycles. The molecule has 0 radical (unpaired) electrons. The average molecular weight is 412 g/mol. The summed E-state index contributed by atoms with van der Waals surface area (Å²) in [5.41, 5.74) is 2.31. The van der Waals surface area contributed by atoms with Gasteiger partial charge in [-0.3, -0.25) is 0 Å². The lowest BCUT2D eigenvalue weighted by Gasteiger charge is -2.19. The molecule has 29 heavy (non-hydrogen) atoms. The van der Waals surface area contributed by atoms with Crippen LogP contribution in [0.15, 0.2) is 83.8 Å². The second kappa shape index (κ2) is 9.58. The van der Waals surface area contributed by atoms with Gasteiger partial charge in [-0.2, -0.15) is 0 Å². The molecule has 152 valence electrons. The van der Waals surface area contributed by atoms with Crippen molar-refractivity contribution in [1.82, 2.24) is 4.72 Å². The maximum Gasteiger partial charge on any atom is 0.244 e. The van der Waals surface area contributed by atoms with Crippen molar-refractivity contribution in [1.29, 1.82) is 0 Å². The van der Waals surface area contributed by atoms with Crippen LogP contribution in [0, 0.1) is 0 Å². The molecule has 5 nitrogen and oxygen atoms in total. The van der Waals surface area contributed by atoms with Crippen LogP contribution in [0.2, 0.25) is 0 Å². The van der Waals surface area contributed by atoms with E-state index < -0.39 is 10.0 Å². The van der Waals surface area contributed by atoms with Crippen molar-refractivity contribution >= 4 is 10.0 Å². The number of benzene rings is 3. The molecule has 0 atom stereocenters. The third-order valence-electron chi connectivity index (χ3n) is 4.79. The molecular weight excluding hydrogens is 386 g/mol. The molecule has 3 aromatic rings. The Hall–Kier alpha value is -2.83. The van der Waals surface area contributed by atoms with Crippen LogP contribution in [-0.2, 0) is 10.0 Å². The second-order valence-corrected chi connectivity index (χ2v) is 8.31. The average Bonchev–Trinajstić information content (AvgIpc) is 2.77. The van der Waals surface area contributed by atoms with Gasteiger partial charge in [-0.25, -0.2) is 13.1 Å². The van der Waals surface area contributed by atoms with Gasteiger partial charge in [0, 0.05) is 18.5 Å². The maximum absolute atomic E-state index is 12.8. The largest absolute Gasteiger partial charge is 0.497 e. The van der Waals surface area contributed by atoms with E-state index in [1.54, 1.807) is 12.1 Å². The smallest absolute Gasteiger partial charge is 0.244 e. The van der Waals surface area contributed by atoms with Crippen LogP contribution >= 0.6 is 0 Å². The molecule has 0 spiro atoms. The highest BCUT2D eigenvalue weighted by atomic mass is 32.2. The summed E-state index contributed by atoms with van der Waals surface area (Å²) >= 11 is 0. The first kappa shape index (κ1) is 20.9. The van der Waals surface area contributed by atoms with Crippen LogP contribution in [0.25, 0.3) is 0 Å². The van der Waals surface area contributed by atoms with Gasteiger partial charge in [-0.15, -0.1) is 0 Å². The molecule has 0 bridgehead atoms. The molecule has 0 aromatic heterocycles. The minimum Gasteiger partial charge on any atom is -0.497 e. The molecule has 3 rings (SSSR count). The van der Waals surface area contributed by atoms with Crippen LogP contribution in [0.1, 0.15) is 23.5 Å². The van der Waals surface area contributed by atoms with Crippen molar-refractivity contribution in [2.24, 2.45) is 0 Å². The van der Waals surface area contributed by atoms with E-state index >= 15 is 0 Å². The first-order valence-corrected chi connectivity index (χ1v) is 10.8. The van der Waals surface area contributed by atoms with Gasteiger partial charge in [0.2, 0.25) is 10.0 Å². The predicted molar refractivity (Wildman–Crippen MR) is 114 cm³/mol. The molecule has 0 saturated heterocycles. The lowest BCUT2D eigenvalue weighted by atomic mass is 9.89. The van der Waals surface area contributed by atoms with E-state index in [1.807, 2.05) is 36.4 Å². The van der Waals surface area contributed by atoms with Gasteiger partial charge in [0.05, 0.1) is 14.2 Å². The summed E-state index contributed by atoms with van der Waals surface area (Å²) in [4.78, 5) is 0.0942. The van der Waals surface area contributed by atoms with Gasteiger partial charge in [0.15, 0.2) is 0 Å². The van der Waals surface area contributed by atoms with Gasteiger partial charge in [0.25, 0.3) is 0 Å². The van der Waals surface area contributed by atoms with Crippen LogP contribution in [0.5, 0.6) is 11.5 Å². The molecule has 0 amide bonds. The van der Waals surface area contributed by atoms with Gasteiger partial charge < -0.3 is 9.47 Å². The van der Waals surface area contributed by atoms with Crippen LogP contribution in [0.3, 0.4) is 0 Å². The molecule has 0 aliphatic heterocycles. The normalized spacial score (nSPS) is 11.4. The fourth-order valence-electron chi connectivity index (χ4n) is 3.31. The number of hydrogen-bond donors (Lipinski definition) is 1. The lowest BCUT2D eigenvalue weighted by Crippen LogP contribution is -2.26. The van der Waals surface area contributed by atoms with Gasteiger partial charge in [-0.1, -0.05) is 60.7 Å². The Kier molecular flexibility index (Phi) is 6.90. The Morgan fingerprint density at radius 3 is 1.93 bits per heavy atom. The van der Waals surface area contributed by atoms with Crippen LogP contribution < -0.4 is 14.2 Å². The van der Waals surface area contributed by atoms with Crippen LogP contribution in [0.4, 0.5) is 0 Å². The van der Waals surface area contributed by atoms with E-state index in [4.69, 9.17) is 9.47 Å². The standard InChI is InChI=1S/C23H25NO4S/c1-27-20-13-14-23(22(17-20)28-2)29(25,26)24-16-15-21(18-9-5-3-6-10-18)19-11-7-4-8-12-19/h3-14,17,21,24H,15-16H2,1-2H3. The Morgan fingerprint density at radius 1 is 0.828 bits per heavy atom. The highest BCUT2D eigenvalue weighted by Gasteiger charge is 2.21. The molecule has 0 unspecified atom stereocenters. The quantitative estimate of drug-likeness (QED) is 0.573. The minimum atomic E-state index is -3.72. The fourth-order valence-corrected chi connectivity index (χ4v) is 4.51. The number of nitrogens with one attached hydrogen (secondary N) is 1. The van der Waals surface area contributed by atoms with Crippen molar-refractivity contribution < 1.29 is 17.9 Å². The fraction of sp³-hybridized carbons (Fsp3) is 0.217.